The predicted molar refractivity (Wildman–Crippen MR) is 79.1 cm³/mol. The third-order valence-electron chi connectivity index (χ3n) is 3.53. The third kappa shape index (κ3) is 4.44. The second-order valence-corrected chi connectivity index (χ2v) is 5.23. The Kier molecular flexibility index (Phi) is 5.14. The van der Waals surface area contributed by atoms with E-state index >= 15 is 0 Å². The Morgan fingerprint density at radius 3 is 2.90 bits per heavy atom. The average Bonchev–Trinajstić information content (AvgIpc) is 2.45. The van der Waals surface area contributed by atoms with Crippen molar-refractivity contribution in [2.75, 3.05) is 24.1 Å². The van der Waals surface area contributed by atoms with Gasteiger partial charge in [-0.25, -0.2) is 4.39 Å². The number of rotatable bonds is 5. The second-order valence-electron chi connectivity index (χ2n) is 5.23. The van der Waals surface area contributed by atoms with Crippen molar-refractivity contribution in [2.45, 2.75) is 32.1 Å². The number of hydrogen-bond acceptors (Lipinski definition) is 3. The number of carbonyl (C=O) groups is 2. The normalized spacial score (nSPS) is 15.1. The number of anilines is 2. The van der Waals surface area contributed by atoms with Gasteiger partial charge >= 0.3 is 0 Å². The SMILES string of the molecule is Nc1cc(NC(=O)CCCN2CCCCC2=O)ccc1F. The predicted octanol–water partition coefficient (Wildman–Crippen LogP) is 2.14. The molecule has 21 heavy (non-hydrogen) atoms. The summed E-state index contributed by atoms with van der Waals surface area (Å²) in [6.45, 7) is 1.40. The van der Waals surface area contributed by atoms with Gasteiger partial charge in [0.15, 0.2) is 0 Å². The maximum atomic E-state index is 13.0. The van der Waals surface area contributed by atoms with Crippen LogP contribution in [0.4, 0.5) is 15.8 Å². The highest BCUT2D eigenvalue weighted by atomic mass is 19.1. The number of nitrogens with one attached hydrogen (secondary N) is 1. The fourth-order valence-electron chi connectivity index (χ4n) is 2.37. The number of halogens is 1. The minimum Gasteiger partial charge on any atom is -0.396 e. The number of amides is 2. The van der Waals surface area contributed by atoms with Gasteiger partial charge in [0, 0.05) is 31.6 Å². The summed E-state index contributed by atoms with van der Waals surface area (Å²) in [5.74, 6) is -0.491. The lowest BCUT2D eigenvalue weighted by atomic mass is 10.1. The van der Waals surface area contributed by atoms with Crippen molar-refractivity contribution in [3.05, 3.63) is 24.0 Å². The summed E-state index contributed by atoms with van der Waals surface area (Å²) in [6, 6.07) is 4.08. The lowest BCUT2D eigenvalue weighted by molar-refractivity contribution is -0.133. The molecule has 1 aliphatic heterocycles. The van der Waals surface area contributed by atoms with Gasteiger partial charge in [0.1, 0.15) is 5.82 Å². The average molecular weight is 293 g/mol. The molecule has 2 rings (SSSR count). The van der Waals surface area contributed by atoms with Gasteiger partial charge in [-0.1, -0.05) is 0 Å². The summed E-state index contributed by atoms with van der Waals surface area (Å²) >= 11 is 0. The van der Waals surface area contributed by atoms with Gasteiger partial charge in [-0.05, 0) is 37.5 Å². The number of carbonyl (C=O) groups excluding carboxylic acids is 2. The van der Waals surface area contributed by atoms with Crippen molar-refractivity contribution >= 4 is 23.2 Å². The maximum absolute atomic E-state index is 13.0. The molecule has 3 N–H and O–H groups in total. The molecule has 114 valence electrons. The summed E-state index contributed by atoms with van der Waals surface area (Å²) < 4.78 is 13.0. The minimum atomic E-state index is -0.503. The molecule has 1 aliphatic rings. The van der Waals surface area contributed by atoms with E-state index in [1.807, 2.05) is 4.90 Å². The first kappa shape index (κ1) is 15.3. The van der Waals surface area contributed by atoms with Crippen molar-refractivity contribution in [3.63, 3.8) is 0 Å². The van der Waals surface area contributed by atoms with Crippen LogP contribution in [0.3, 0.4) is 0 Å². The molecule has 0 unspecified atom stereocenters. The first-order valence-electron chi connectivity index (χ1n) is 7.19. The molecule has 1 saturated heterocycles. The van der Waals surface area contributed by atoms with Gasteiger partial charge in [-0.15, -0.1) is 0 Å². The molecule has 1 aromatic rings. The topological polar surface area (TPSA) is 75.4 Å². The maximum Gasteiger partial charge on any atom is 0.224 e. The first-order valence-corrected chi connectivity index (χ1v) is 7.19. The van der Waals surface area contributed by atoms with Crippen molar-refractivity contribution < 1.29 is 14.0 Å². The van der Waals surface area contributed by atoms with Gasteiger partial charge in [0.05, 0.1) is 5.69 Å². The van der Waals surface area contributed by atoms with Crippen LogP contribution >= 0.6 is 0 Å². The Balaban J connectivity index is 1.74. The standard InChI is InChI=1S/C15H20FN3O2/c16-12-7-6-11(10-13(12)17)18-14(20)4-3-9-19-8-2-1-5-15(19)21/h6-7,10H,1-5,8-9,17H2,(H,18,20). The van der Waals surface area contributed by atoms with E-state index in [9.17, 15) is 14.0 Å². The van der Waals surface area contributed by atoms with Crippen LogP contribution in [0.5, 0.6) is 0 Å². The van der Waals surface area contributed by atoms with Crippen molar-refractivity contribution in [1.29, 1.82) is 0 Å². The van der Waals surface area contributed by atoms with E-state index in [-0.39, 0.29) is 17.5 Å². The molecule has 0 saturated carbocycles. The summed E-state index contributed by atoms with van der Waals surface area (Å²) in [4.78, 5) is 25.2. The lowest BCUT2D eigenvalue weighted by Crippen LogP contribution is -2.36. The smallest absolute Gasteiger partial charge is 0.224 e. The molecule has 1 aromatic carbocycles. The van der Waals surface area contributed by atoms with Crippen LogP contribution in [-0.2, 0) is 9.59 Å². The van der Waals surface area contributed by atoms with Gasteiger partial charge < -0.3 is 16.0 Å². The molecule has 1 fully saturated rings. The van der Waals surface area contributed by atoms with Gasteiger partial charge in [0.2, 0.25) is 11.8 Å². The Hall–Kier alpha value is -2.11. The van der Waals surface area contributed by atoms with E-state index in [0.29, 0.717) is 31.5 Å². The molecule has 6 heteroatoms. The van der Waals surface area contributed by atoms with E-state index in [2.05, 4.69) is 5.32 Å². The number of piperidine rings is 1. The third-order valence-corrected chi connectivity index (χ3v) is 3.53. The Morgan fingerprint density at radius 1 is 1.38 bits per heavy atom. The van der Waals surface area contributed by atoms with Crippen LogP contribution in [0.25, 0.3) is 0 Å². The van der Waals surface area contributed by atoms with Crippen LogP contribution < -0.4 is 11.1 Å². The molecule has 0 radical (unpaired) electrons. The largest absolute Gasteiger partial charge is 0.396 e. The summed E-state index contributed by atoms with van der Waals surface area (Å²) in [5, 5.41) is 2.67. The Morgan fingerprint density at radius 2 is 2.19 bits per heavy atom. The van der Waals surface area contributed by atoms with E-state index in [4.69, 9.17) is 5.73 Å². The molecular formula is C15H20FN3O2. The number of hydrogen-bond donors (Lipinski definition) is 2. The van der Waals surface area contributed by atoms with Crippen LogP contribution in [0.1, 0.15) is 32.1 Å². The van der Waals surface area contributed by atoms with Crippen molar-refractivity contribution in [2.24, 2.45) is 0 Å². The highest BCUT2D eigenvalue weighted by Gasteiger charge is 2.17. The highest BCUT2D eigenvalue weighted by molar-refractivity contribution is 5.91. The van der Waals surface area contributed by atoms with E-state index in [0.717, 1.165) is 19.4 Å². The highest BCUT2D eigenvalue weighted by Crippen LogP contribution is 2.17. The Bertz CT molecular complexity index is 534. The van der Waals surface area contributed by atoms with Crippen molar-refractivity contribution in [1.82, 2.24) is 4.90 Å². The van der Waals surface area contributed by atoms with E-state index in [1.165, 1.54) is 18.2 Å². The summed E-state index contributed by atoms with van der Waals surface area (Å²) in [6.07, 6.45) is 3.55. The molecule has 0 aromatic heterocycles. The number of nitrogens with zero attached hydrogens (tertiary/aromatic N) is 1. The molecule has 0 atom stereocenters. The monoisotopic (exact) mass is 293 g/mol. The van der Waals surface area contributed by atoms with Gasteiger partial charge in [0.25, 0.3) is 0 Å². The van der Waals surface area contributed by atoms with Gasteiger partial charge in [-0.2, -0.15) is 0 Å². The zero-order valence-corrected chi connectivity index (χ0v) is 11.9. The molecule has 1 heterocycles. The quantitative estimate of drug-likeness (QED) is 0.817. The van der Waals surface area contributed by atoms with Crippen LogP contribution in [0.15, 0.2) is 18.2 Å². The minimum absolute atomic E-state index is 0.00622. The molecule has 2 amide bonds. The number of nitrogen functional groups attached to an aromatic ring is 1. The lowest BCUT2D eigenvalue weighted by Gasteiger charge is -2.26. The first-order chi connectivity index (χ1) is 10.1. The van der Waals surface area contributed by atoms with Crippen molar-refractivity contribution in [3.8, 4) is 0 Å². The van der Waals surface area contributed by atoms with Crippen LogP contribution in [-0.4, -0.2) is 29.8 Å². The molecule has 0 aliphatic carbocycles. The van der Waals surface area contributed by atoms with Gasteiger partial charge in [-0.3, -0.25) is 9.59 Å². The zero-order valence-electron chi connectivity index (χ0n) is 11.9. The van der Waals surface area contributed by atoms with E-state index in [1.54, 1.807) is 0 Å². The fourth-order valence-corrected chi connectivity index (χ4v) is 2.37. The number of likely N-dealkylation sites (tertiary alicyclic amines) is 1. The number of benzene rings is 1. The van der Waals surface area contributed by atoms with Crippen LogP contribution in [0.2, 0.25) is 0 Å². The molecule has 0 spiro atoms. The second kappa shape index (κ2) is 7.06. The molecular weight excluding hydrogens is 273 g/mol. The molecule has 0 bridgehead atoms. The summed E-state index contributed by atoms with van der Waals surface area (Å²) in [5.41, 5.74) is 5.92. The zero-order chi connectivity index (χ0) is 15.2. The Labute approximate surface area is 123 Å². The summed E-state index contributed by atoms with van der Waals surface area (Å²) in [7, 11) is 0. The van der Waals surface area contributed by atoms with Crippen LogP contribution in [0, 0.1) is 5.82 Å². The number of nitrogens with two attached hydrogens (primary N) is 1. The fraction of sp³-hybridized carbons (Fsp3) is 0.467. The molecule has 5 nitrogen and oxygen atoms in total. The van der Waals surface area contributed by atoms with E-state index < -0.39 is 5.82 Å².